The fourth-order valence-corrected chi connectivity index (χ4v) is 9.83. The highest BCUT2D eigenvalue weighted by Crippen LogP contribution is 2.55. The number of hydrogen-bond acceptors (Lipinski definition) is 11. The molecule has 346 valence electrons. The van der Waals surface area contributed by atoms with Gasteiger partial charge < -0.3 is 48.9 Å². The molecule has 4 heterocycles. The predicted molar refractivity (Wildman–Crippen MR) is 258 cm³/mol. The fraction of sp³-hybridized carbons (Fsp3) is 0.380. The summed E-state index contributed by atoms with van der Waals surface area (Å²) in [5.41, 5.74) is 3.05. The maximum Gasteiger partial charge on any atom is 0.274 e. The average Bonchev–Trinajstić information content (AvgIpc) is 3.81. The van der Waals surface area contributed by atoms with Crippen LogP contribution in [0.1, 0.15) is 57.8 Å². The van der Waals surface area contributed by atoms with Crippen LogP contribution in [0.2, 0.25) is 5.02 Å². The van der Waals surface area contributed by atoms with E-state index < -0.39 is 0 Å². The molecule has 15 nitrogen and oxygen atoms in total. The Morgan fingerprint density at radius 1 is 0.924 bits per heavy atom. The van der Waals surface area contributed by atoms with Gasteiger partial charge in [-0.25, -0.2) is 9.97 Å². The molecule has 3 aromatic heterocycles. The van der Waals surface area contributed by atoms with Crippen LogP contribution in [0, 0.1) is 10.8 Å². The van der Waals surface area contributed by atoms with Gasteiger partial charge in [0.25, 0.3) is 11.5 Å². The molecule has 6 aromatic rings. The summed E-state index contributed by atoms with van der Waals surface area (Å²) in [5.74, 6) is 2.66. The Kier molecular flexibility index (Phi) is 13.0. The van der Waals surface area contributed by atoms with Gasteiger partial charge in [-0.15, -0.1) is 0 Å². The van der Waals surface area contributed by atoms with Crippen LogP contribution in [0.4, 0.5) is 17.3 Å². The molecule has 66 heavy (non-hydrogen) atoms. The summed E-state index contributed by atoms with van der Waals surface area (Å²) in [4.78, 5) is 54.5. The van der Waals surface area contributed by atoms with Crippen molar-refractivity contribution in [3.63, 3.8) is 0 Å². The zero-order valence-electron chi connectivity index (χ0n) is 38.6. The van der Waals surface area contributed by atoms with Crippen molar-refractivity contribution in [1.29, 1.82) is 0 Å². The number of aromatic amines is 1. The number of amides is 2. The van der Waals surface area contributed by atoms with E-state index >= 15 is 0 Å². The molecule has 3 N–H and O–H groups in total. The molecule has 1 saturated heterocycles. The standard InChI is InChI=1S/C50H57ClN8O7/c1-30(60)58(8)32-12-15-42(38(24-32)39-29-57(7)45(62)43-37(39)16-19-53-43)65-35-11-9-10-34(25-35)64-23-22-63-33-17-20-59(21-18-33)48-54-27-31(28-55-48)44(61)56-46-49(2,3)47(50(46,4)5)66-36-13-14-41(52-6)40(51)26-36/h9-16,19,24-29,33,46-47,52-53H,17-18,20-23H2,1-8H3,(H,56,61). The van der Waals surface area contributed by atoms with Gasteiger partial charge in [-0.2, -0.15) is 0 Å². The third-order valence-electron chi connectivity index (χ3n) is 13.0. The van der Waals surface area contributed by atoms with Crippen LogP contribution in [-0.2, 0) is 16.6 Å². The molecule has 16 heteroatoms. The van der Waals surface area contributed by atoms with E-state index in [-0.39, 0.29) is 46.5 Å². The Hall–Kier alpha value is -6.58. The Morgan fingerprint density at radius 3 is 2.35 bits per heavy atom. The number of hydrogen-bond donors (Lipinski definition) is 3. The van der Waals surface area contributed by atoms with E-state index in [0.717, 1.165) is 35.0 Å². The first-order chi connectivity index (χ1) is 31.5. The number of nitrogens with one attached hydrogen (secondary N) is 3. The SMILES string of the molecule is CNc1ccc(OC2C(C)(C)C(NC(=O)c3cnc(N4CCC(OCCOc5cccc(Oc6ccc(N(C)C(C)=O)cc6-c6cn(C)c(=O)c7[nH]ccc67)c5)CC4)nc3)C2(C)C)cc1Cl. The number of carbonyl (C=O) groups excluding carboxylic acids is 2. The fourth-order valence-electron chi connectivity index (χ4n) is 9.57. The van der Waals surface area contributed by atoms with Gasteiger partial charge in [0, 0.05) is 117 Å². The van der Waals surface area contributed by atoms with E-state index in [1.54, 1.807) is 43.8 Å². The Balaban J connectivity index is 0.812. The quantitative estimate of drug-likeness (QED) is 0.0847. The van der Waals surface area contributed by atoms with Crippen LogP contribution in [0.15, 0.2) is 96.3 Å². The number of rotatable bonds is 15. The van der Waals surface area contributed by atoms with Crippen LogP contribution < -0.4 is 40.2 Å². The molecular formula is C50H57ClN8O7. The number of carbonyl (C=O) groups is 2. The summed E-state index contributed by atoms with van der Waals surface area (Å²) in [6.07, 6.45) is 8.19. The first-order valence-corrected chi connectivity index (χ1v) is 22.5. The topological polar surface area (TPSA) is 165 Å². The predicted octanol–water partition coefficient (Wildman–Crippen LogP) is 8.47. The Morgan fingerprint density at radius 2 is 1.65 bits per heavy atom. The second-order valence-electron chi connectivity index (χ2n) is 18.2. The number of pyridine rings is 1. The number of aromatic nitrogens is 4. The monoisotopic (exact) mass is 916 g/mol. The van der Waals surface area contributed by atoms with Crippen LogP contribution in [0.3, 0.4) is 0 Å². The molecule has 0 unspecified atom stereocenters. The van der Waals surface area contributed by atoms with Crippen molar-refractivity contribution in [2.24, 2.45) is 17.9 Å². The van der Waals surface area contributed by atoms with Crippen molar-refractivity contribution < 1.29 is 28.5 Å². The molecule has 8 rings (SSSR count). The van der Waals surface area contributed by atoms with Gasteiger partial charge in [0.15, 0.2) is 0 Å². The van der Waals surface area contributed by atoms with Gasteiger partial charge in [-0.3, -0.25) is 14.4 Å². The summed E-state index contributed by atoms with van der Waals surface area (Å²) in [7, 11) is 5.25. The molecule has 1 aliphatic heterocycles. The molecule has 0 atom stereocenters. The molecule has 2 amide bonds. The molecule has 0 spiro atoms. The number of piperidine rings is 1. The first-order valence-electron chi connectivity index (χ1n) is 22.1. The molecule has 3 aromatic carbocycles. The second-order valence-corrected chi connectivity index (χ2v) is 18.6. The number of H-pyrrole nitrogens is 1. The summed E-state index contributed by atoms with van der Waals surface area (Å²) in [5, 5.41) is 7.63. The summed E-state index contributed by atoms with van der Waals surface area (Å²) in [6, 6.07) is 20.3. The lowest BCUT2D eigenvalue weighted by Crippen LogP contribution is -2.74. The normalized spacial score (nSPS) is 17.7. The average molecular weight is 918 g/mol. The number of anilines is 3. The second kappa shape index (κ2) is 18.7. The minimum absolute atomic E-state index is 0.0590. The minimum Gasteiger partial charge on any atom is -0.491 e. The Labute approximate surface area is 389 Å². The van der Waals surface area contributed by atoms with Gasteiger partial charge in [0.1, 0.15) is 41.2 Å². The number of nitrogens with zero attached hydrogens (tertiary/aromatic N) is 5. The van der Waals surface area contributed by atoms with Crippen molar-refractivity contribution in [1.82, 2.24) is 24.8 Å². The summed E-state index contributed by atoms with van der Waals surface area (Å²) < 4.78 is 26.8. The smallest absolute Gasteiger partial charge is 0.274 e. The van der Waals surface area contributed by atoms with Crippen LogP contribution in [-0.4, -0.2) is 90.0 Å². The van der Waals surface area contributed by atoms with Crippen LogP contribution in [0.25, 0.3) is 22.0 Å². The lowest BCUT2D eigenvalue weighted by atomic mass is 9.49. The van der Waals surface area contributed by atoms with E-state index in [1.807, 2.05) is 73.8 Å². The highest BCUT2D eigenvalue weighted by Gasteiger charge is 2.64. The molecule has 2 aliphatic rings. The summed E-state index contributed by atoms with van der Waals surface area (Å²) >= 11 is 6.41. The number of aryl methyl sites for hydroxylation is 1. The van der Waals surface area contributed by atoms with Gasteiger partial charge in [0.05, 0.1) is 29.0 Å². The maximum atomic E-state index is 13.5. The molecule has 1 saturated carbocycles. The van der Waals surface area contributed by atoms with Crippen molar-refractivity contribution in [3.05, 3.63) is 112 Å². The van der Waals surface area contributed by atoms with Crippen molar-refractivity contribution in [3.8, 4) is 34.1 Å². The van der Waals surface area contributed by atoms with Gasteiger partial charge in [-0.05, 0) is 61.4 Å². The van der Waals surface area contributed by atoms with Crippen molar-refractivity contribution in [2.75, 3.05) is 55.5 Å². The van der Waals surface area contributed by atoms with E-state index in [0.29, 0.717) is 77.0 Å². The van der Waals surface area contributed by atoms with Gasteiger partial charge >= 0.3 is 0 Å². The Bertz CT molecular complexity index is 2780. The number of fused-ring (bicyclic) bond motifs is 1. The third kappa shape index (κ3) is 9.27. The van der Waals surface area contributed by atoms with Crippen LogP contribution >= 0.6 is 11.6 Å². The number of ether oxygens (including phenoxy) is 4. The zero-order valence-corrected chi connectivity index (χ0v) is 39.4. The molecule has 1 aliphatic carbocycles. The van der Waals surface area contributed by atoms with E-state index in [4.69, 9.17) is 30.5 Å². The number of benzene rings is 3. The first kappa shape index (κ1) is 46.0. The molecular weight excluding hydrogens is 860 g/mol. The lowest BCUT2D eigenvalue weighted by Gasteiger charge is -2.63. The third-order valence-corrected chi connectivity index (χ3v) is 13.3. The molecule has 0 radical (unpaired) electrons. The van der Waals surface area contributed by atoms with Gasteiger partial charge in [-0.1, -0.05) is 45.4 Å². The molecule has 2 fully saturated rings. The highest BCUT2D eigenvalue weighted by atomic mass is 35.5. The number of halogens is 1. The summed E-state index contributed by atoms with van der Waals surface area (Å²) in [6.45, 7) is 12.1. The van der Waals surface area contributed by atoms with Crippen molar-refractivity contribution >= 4 is 51.6 Å². The van der Waals surface area contributed by atoms with E-state index in [2.05, 4.69) is 58.2 Å². The molecule has 0 bridgehead atoms. The van der Waals surface area contributed by atoms with E-state index in [1.165, 1.54) is 11.5 Å². The van der Waals surface area contributed by atoms with Crippen LogP contribution in [0.5, 0.6) is 23.0 Å². The highest BCUT2D eigenvalue weighted by molar-refractivity contribution is 6.33. The van der Waals surface area contributed by atoms with E-state index in [9.17, 15) is 14.4 Å². The maximum absolute atomic E-state index is 13.5. The largest absolute Gasteiger partial charge is 0.491 e. The zero-order chi connectivity index (χ0) is 46.9. The van der Waals surface area contributed by atoms with Gasteiger partial charge in [0.2, 0.25) is 11.9 Å². The van der Waals surface area contributed by atoms with Crippen molar-refractivity contribution in [2.45, 2.75) is 65.7 Å². The lowest BCUT2D eigenvalue weighted by molar-refractivity contribution is -0.164. The minimum atomic E-state index is -0.353.